The standard InChI is InChI=1S/C11H11BrO3/c1-6-7-4-5-8(13-2)10(14-3)9(7)15-11(6)12/h4-5H,1-3H3. The van der Waals surface area contributed by atoms with Gasteiger partial charge in [-0.1, -0.05) is 0 Å². The maximum absolute atomic E-state index is 5.57. The second kappa shape index (κ2) is 3.77. The summed E-state index contributed by atoms with van der Waals surface area (Å²) in [7, 11) is 3.21. The number of ether oxygens (including phenoxy) is 2. The minimum Gasteiger partial charge on any atom is -0.493 e. The van der Waals surface area contributed by atoms with Gasteiger partial charge in [0.2, 0.25) is 5.75 Å². The topological polar surface area (TPSA) is 31.6 Å². The molecule has 0 saturated carbocycles. The Morgan fingerprint density at radius 2 is 1.93 bits per heavy atom. The first kappa shape index (κ1) is 10.4. The van der Waals surface area contributed by atoms with Gasteiger partial charge in [0.15, 0.2) is 16.0 Å². The average molecular weight is 271 g/mol. The molecule has 1 heterocycles. The summed E-state index contributed by atoms with van der Waals surface area (Å²) in [5, 5.41) is 1.03. The highest BCUT2D eigenvalue weighted by atomic mass is 79.9. The van der Waals surface area contributed by atoms with Crippen LogP contribution in [0.4, 0.5) is 0 Å². The monoisotopic (exact) mass is 270 g/mol. The highest BCUT2D eigenvalue weighted by Crippen LogP contribution is 2.40. The summed E-state index contributed by atoms with van der Waals surface area (Å²) < 4.78 is 16.8. The zero-order chi connectivity index (χ0) is 11.0. The molecule has 0 saturated heterocycles. The van der Waals surface area contributed by atoms with Gasteiger partial charge in [0.25, 0.3) is 0 Å². The molecular formula is C11H11BrO3. The van der Waals surface area contributed by atoms with Crippen LogP contribution in [0.15, 0.2) is 21.2 Å². The quantitative estimate of drug-likeness (QED) is 0.837. The number of benzene rings is 1. The molecule has 0 aliphatic rings. The second-order valence-electron chi connectivity index (χ2n) is 3.18. The number of hydrogen-bond acceptors (Lipinski definition) is 3. The predicted octanol–water partition coefficient (Wildman–Crippen LogP) is 3.52. The summed E-state index contributed by atoms with van der Waals surface area (Å²) in [6.45, 7) is 1.99. The van der Waals surface area contributed by atoms with Crippen LogP contribution in [0.5, 0.6) is 11.5 Å². The van der Waals surface area contributed by atoms with Gasteiger partial charge in [0, 0.05) is 10.9 Å². The van der Waals surface area contributed by atoms with Crippen LogP contribution in [-0.2, 0) is 0 Å². The second-order valence-corrected chi connectivity index (χ2v) is 3.90. The number of halogens is 1. The molecule has 4 heteroatoms. The minimum atomic E-state index is 0.629. The van der Waals surface area contributed by atoms with Gasteiger partial charge in [-0.05, 0) is 35.0 Å². The molecule has 0 atom stereocenters. The zero-order valence-corrected chi connectivity index (χ0v) is 10.3. The molecule has 2 rings (SSSR count). The van der Waals surface area contributed by atoms with E-state index in [-0.39, 0.29) is 0 Å². The number of hydrogen-bond donors (Lipinski definition) is 0. The van der Waals surface area contributed by atoms with Gasteiger partial charge in [-0.25, -0.2) is 0 Å². The zero-order valence-electron chi connectivity index (χ0n) is 8.76. The molecule has 0 aliphatic heterocycles. The Morgan fingerprint density at radius 1 is 1.20 bits per heavy atom. The number of furan rings is 1. The van der Waals surface area contributed by atoms with E-state index >= 15 is 0 Å². The van der Waals surface area contributed by atoms with Gasteiger partial charge in [-0.2, -0.15) is 0 Å². The molecule has 0 amide bonds. The Hall–Kier alpha value is -1.16. The predicted molar refractivity (Wildman–Crippen MR) is 61.8 cm³/mol. The minimum absolute atomic E-state index is 0.629. The first-order chi connectivity index (χ1) is 7.19. The Morgan fingerprint density at radius 3 is 2.53 bits per heavy atom. The van der Waals surface area contributed by atoms with Gasteiger partial charge in [0.05, 0.1) is 14.2 Å². The van der Waals surface area contributed by atoms with Crippen LogP contribution < -0.4 is 9.47 Å². The van der Waals surface area contributed by atoms with Gasteiger partial charge >= 0.3 is 0 Å². The first-order valence-electron chi connectivity index (χ1n) is 4.48. The molecular weight excluding hydrogens is 260 g/mol. The molecule has 0 spiro atoms. The fraction of sp³-hybridized carbons (Fsp3) is 0.273. The fourth-order valence-electron chi connectivity index (χ4n) is 1.57. The van der Waals surface area contributed by atoms with Crippen LogP contribution >= 0.6 is 15.9 Å². The van der Waals surface area contributed by atoms with Crippen LogP contribution in [0.3, 0.4) is 0 Å². The summed E-state index contributed by atoms with van der Waals surface area (Å²) in [5.74, 6) is 1.30. The molecule has 0 fully saturated rings. The van der Waals surface area contributed by atoms with Crippen molar-refractivity contribution in [3.05, 3.63) is 22.4 Å². The fourth-order valence-corrected chi connectivity index (χ4v) is 1.94. The SMILES string of the molecule is COc1ccc2c(C)c(Br)oc2c1OC. The molecule has 1 aromatic heterocycles. The van der Waals surface area contributed by atoms with Crippen LogP contribution in [0.25, 0.3) is 11.0 Å². The van der Waals surface area contributed by atoms with Crippen molar-refractivity contribution in [3.63, 3.8) is 0 Å². The normalized spacial score (nSPS) is 10.7. The molecule has 0 radical (unpaired) electrons. The summed E-state index contributed by atoms with van der Waals surface area (Å²) in [5.41, 5.74) is 1.77. The molecule has 2 aromatic rings. The first-order valence-corrected chi connectivity index (χ1v) is 5.28. The molecule has 0 unspecified atom stereocenters. The van der Waals surface area contributed by atoms with E-state index in [9.17, 15) is 0 Å². The third kappa shape index (κ3) is 1.49. The van der Waals surface area contributed by atoms with Gasteiger partial charge in [-0.3, -0.25) is 0 Å². The lowest BCUT2D eigenvalue weighted by Gasteiger charge is -2.06. The Bertz CT molecular complexity index is 502. The average Bonchev–Trinajstić information content (AvgIpc) is 2.54. The van der Waals surface area contributed by atoms with Crippen LogP contribution in [0, 0.1) is 6.92 Å². The maximum Gasteiger partial charge on any atom is 0.204 e. The molecule has 80 valence electrons. The number of rotatable bonds is 2. The molecule has 3 nitrogen and oxygen atoms in total. The summed E-state index contributed by atoms with van der Waals surface area (Å²) in [6, 6.07) is 3.83. The number of fused-ring (bicyclic) bond motifs is 1. The lowest BCUT2D eigenvalue weighted by atomic mass is 10.2. The van der Waals surface area contributed by atoms with E-state index in [0.29, 0.717) is 17.1 Å². The van der Waals surface area contributed by atoms with E-state index < -0.39 is 0 Å². The lowest BCUT2D eigenvalue weighted by Crippen LogP contribution is -1.90. The van der Waals surface area contributed by atoms with E-state index in [1.165, 1.54) is 0 Å². The van der Waals surface area contributed by atoms with Gasteiger partial charge in [-0.15, -0.1) is 0 Å². The highest BCUT2D eigenvalue weighted by Gasteiger charge is 2.16. The van der Waals surface area contributed by atoms with E-state index in [4.69, 9.17) is 13.9 Å². The highest BCUT2D eigenvalue weighted by molar-refractivity contribution is 9.10. The summed E-state index contributed by atoms with van der Waals surface area (Å²) >= 11 is 3.36. The van der Waals surface area contributed by atoms with Crippen molar-refractivity contribution >= 4 is 26.9 Å². The summed E-state index contributed by atoms with van der Waals surface area (Å²) in [6.07, 6.45) is 0. The smallest absolute Gasteiger partial charge is 0.204 e. The molecule has 0 aliphatic carbocycles. The molecule has 0 bridgehead atoms. The third-order valence-corrected chi connectivity index (χ3v) is 3.15. The molecule has 0 N–H and O–H groups in total. The van der Waals surface area contributed by atoms with E-state index in [2.05, 4.69) is 15.9 Å². The van der Waals surface area contributed by atoms with E-state index in [1.807, 2.05) is 19.1 Å². The molecule has 1 aromatic carbocycles. The Kier molecular flexibility index (Phi) is 2.61. The van der Waals surface area contributed by atoms with Crippen LogP contribution in [0.1, 0.15) is 5.56 Å². The van der Waals surface area contributed by atoms with Crippen LogP contribution in [-0.4, -0.2) is 14.2 Å². The van der Waals surface area contributed by atoms with Crippen molar-refractivity contribution < 1.29 is 13.9 Å². The van der Waals surface area contributed by atoms with Gasteiger partial charge in [0.1, 0.15) is 0 Å². The van der Waals surface area contributed by atoms with E-state index in [1.54, 1.807) is 14.2 Å². The Labute approximate surface area is 96.1 Å². The maximum atomic E-state index is 5.57. The number of methoxy groups -OCH3 is 2. The van der Waals surface area contributed by atoms with Crippen molar-refractivity contribution in [2.45, 2.75) is 6.92 Å². The van der Waals surface area contributed by atoms with Crippen molar-refractivity contribution in [2.24, 2.45) is 0 Å². The van der Waals surface area contributed by atoms with E-state index in [0.717, 1.165) is 15.6 Å². The summed E-state index contributed by atoms with van der Waals surface area (Å²) in [4.78, 5) is 0. The van der Waals surface area contributed by atoms with Gasteiger partial charge < -0.3 is 13.9 Å². The third-order valence-electron chi connectivity index (χ3n) is 2.39. The van der Waals surface area contributed by atoms with Crippen LogP contribution in [0.2, 0.25) is 0 Å². The largest absolute Gasteiger partial charge is 0.493 e. The Balaban J connectivity index is 2.82. The van der Waals surface area contributed by atoms with Crippen molar-refractivity contribution in [1.29, 1.82) is 0 Å². The molecule has 15 heavy (non-hydrogen) atoms. The van der Waals surface area contributed by atoms with Crippen molar-refractivity contribution in [1.82, 2.24) is 0 Å². The van der Waals surface area contributed by atoms with Crippen molar-refractivity contribution in [2.75, 3.05) is 14.2 Å². The number of aryl methyl sites for hydroxylation is 1. The lowest BCUT2D eigenvalue weighted by molar-refractivity contribution is 0.353. The van der Waals surface area contributed by atoms with Crippen molar-refractivity contribution in [3.8, 4) is 11.5 Å².